The van der Waals surface area contributed by atoms with E-state index in [9.17, 15) is 15.0 Å². The molecule has 1 aromatic carbocycles. The minimum Gasteiger partial charge on any atom is -0.393 e. The number of carbonyl (C=O) groups is 1. The van der Waals surface area contributed by atoms with Gasteiger partial charge in [-0.05, 0) is 31.2 Å². The Morgan fingerprint density at radius 2 is 1.81 bits per heavy atom. The summed E-state index contributed by atoms with van der Waals surface area (Å²) in [6.07, 6.45) is 0.230. The Kier molecular flexibility index (Phi) is 5.93. The summed E-state index contributed by atoms with van der Waals surface area (Å²) in [6.45, 7) is 7.85. The van der Waals surface area contributed by atoms with E-state index in [0.29, 0.717) is 13.0 Å². The molecule has 4 heteroatoms. The lowest BCUT2D eigenvalue weighted by atomic mass is 9.86. The molecule has 118 valence electrons. The molecule has 0 saturated carbocycles. The third-order valence-electron chi connectivity index (χ3n) is 3.51. The monoisotopic (exact) mass is 293 g/mol. The van der Waals surface area contributed by atoms with E-state index >= 15 is 0 Å². The van der Waals surface area contributed by atoms with Gasteiger partial charge in [0.1, 0.15) is 0 Å². The fourth-order valence-corrected chi connectivity index (χ4v) is 2.48. The molecule has 0 spiro atoms. The van der Waals surface area contributed by atoms with Crippen LogP contribution in [0, 0.1) is 5.41 Å². The second kappa shape index (κ2) is 7.05. The summed E-state index contributed by atoms with van der Waals surface area (Å²) in [6, 6.07) is 9.18. The van der Waals surface area contributed by atoms with Crippen molar-refractivity contribution in [1.29, 1.82) is 0 Å². The van der Waals surface area contributed by atoms with E-state index in [4.69, 9.17) is 0 Å². The molecule has 1 rings (SSSR count). The summed E-state index contributed by atoms with van der Waals surface area (Å²) < 4.78 is 0. The molecule has 21 heavy (non-hydrogen) atoms. The Labute approximate surface area is 127 Å². The number of amides is 1. The molecule has 0 aromatic heterocycles. The van der Waals surface area contributed by atoms with Gasteiger partial charge in [-0.15, -0.1) is 0 Å². The molecule has 1 aromatic rings. The maximum atomic E-state index is 12.0. The number of aliphatic hydroxyl groups is 2. The van der Waals surface area contributed by atoms with E-state index in [2.05, 4.69) is 5.32 Å². The van der Waals surface area contributed by atoms with Crippen LogP contribution in [0.1, 0.15) is 46.1 Å². The van der Waals surface area contributed by atoms with Crippen LogP contribution in [0.3, 0.4) is 0 Å². The first-order chi connectivity index (χ1) is 9.62. The third-order valence-corrected chi connectivity index (χ3v) is 3.51. The van der Waals surface area contributed by atoms with E-state index in [-0.39, 0.29) is 17.7 Å². The maximum absolute atomic E-state index is 12.0. The quantitative estimate of drug-likeness (QED) is 0.722. The van der Waals surface area contributed by atoms with Crippen LogP contribution in [-0.4, -0.2) is 28.8 Å². The molecular weight excluding hydrogens is 266 g/mol. The summed E-state index contributed by atoms with van der Waals surface area (Å²) >= 11 is 0. The number of nitrogens with one attached hydrogen (secondary N) is 1. The van der Waals surface area contributed by atoms with Gasteiger partial charge in [0.25, 0.3) is 0 Å². The van der Waals surface area contributed by atoms with Crippen LogP contribution in [0.25, 0.3) is 0 Å². The molecule has 0 heterocycles. The average Bonchev–Trinajstić information content (AvgIpc) is 2.36. The predicted octanol–water partition coefficient (Wildman–Crippen LogP) is 2.20. The Morgan fingerprint density at radius 3 is 2.33 bits per heavy atom. The van der Waals surface area contributed by atoms with Gasteiger partial charge >= 0.3 is 0 Å². The SMILES string of the molecule is CC(O)CC(C)(C)CNC(=O)CC(C)(O)c1ccccc1. The summed E-state index contributed by atoms with van der Waals surface area (Å²) in [4.78, 5) is 12.0. The van der Waals surface area contributed by atoms with Crippen molar-refractivity contribution < 1.29 is 15.0 Å². The topological polar surface area (TPSA) is 69.6 Å². The Morgan fingerprint density at radius 1 is 1.24 bits per heavy atom. The van der Waals surface area contributed by atoms with Crippen LogP contribution >= 0.6 is 0 Å². The molecule has 0 aliphatic rings. The molecule has 1 amide bonds. The lowest BCUT2D eigenvalue weighted by Crippen LogP contribution is -2.38. The van der Waals surface area contributed by atoms with Crippen LogP contribution in [0.15, 0.2) is 30.3 Å². The molecule has 0 radical (unpaired) electrons. The molecule has 2 unspecified atom stereocenters. The largest absolute Gasteiger partial charge is 0.393 e. The average molecular weight is 293 g/mol. The van der Waals surface area contributed by atoms with Gasteiger partial charge < -0.3 is 15.5 Å². The van der Waals surface area contributed by atoms with Gasteiger partial charge in [0.15, 0.2) is 0 Å². The molecule has 3 N–H and O–H groups in total. The fourth-order valence-electron chi connectivity index (χ4n) is 2.48. The second-order valence-electron chi connectivity index (χ2n) is 6.81. The number of aliphatic hydroxyl groups excluding tert-OH is 1. The number of benzene rings is 1. The fraction of sp³-hybridized carbons (Fsp3) is 0.588. The summed E-state index contributed by atoms with van der Waals surface area (Å²) in [5, 5.41) is 22.7. The highest BCUT2D eigenvalue weighted by Crippen LogP contribution is 2.25. The summed E-state index contributed by atoms with van der Waals surface area (Å²) in [5.41, 5.74) is -0.634. The van der Waals surface area contributed by atoms with Crippen LogP contribution in [0.2, 0.25) is 0 Å². The zero-order chi connectivity index (χ0) is 16.1. The lowest BCUT2D eigenvalue weighted by molar-refractivity contribution is -0.126. The first-order valence-electron chi connectivity index (χ1n) is 7.35. The van der Waals surface area contributed by atoms with Crippen molar-refractivity contribution in [3.63, 3.8) is 0 Å². The van der Waals surface area contributed by atoms with E-state index in [1.807, 2.05) is 44.2 Å². The summed E-state index contributed by atoms with van der Waals surface area (Å²) in [5.74, 6) is -0.192. The van der Waals surface area contributed by atoms with Crippen LogP contribution in [-0.2, 0) is 10.4 Å². The van der Waals surface area contributed by atoms with Crippen molar-refractivity contribution in [2.24, 2.45) is 5.41 Å². The molecular formula is C17H27NO3. The van der Waals surface area contributed by atoms with Gasteiger partial charge in [-0.25, -0.2) is 0 Å². The van der Waals surface area contributed by atoms with Crippen molar-refractivity contribution in [2.45, 2.75) is 52.2 Å². The highest BCUT2D eigenvalue weighted by atomic mass is 16.3. The molecule has 0 aliphatic heterocycles. The Balaban J connectivity index is 2.54. The van der Waals surface area contributed by atoms with E-state index in [0.717, 1.165) is 5.56 Å². The zero-order valence-corrected chi connectivity index (χ0v) is 13.4. The minimum absolute atomic E-state index is 0.0156. The molecule has 0 saturated heterocycles. The first kappa shape index (κ1) is 17.7. The van der Waals surface area contributed by atoms with Crippen molar-refractivity contribution in [3.05, 3.63) is 35.9 Å². The highest BCUT2D eigenvalue weighted by molar-refractivity contribution is 5.77. The Hall–Kier alpha value is -1.39. The lowest BCUT2D eigenvalue weighted by Gasteiger charge is -2.28. The number of rotatable bonds is 7. The highest BCUT2D eigenvalue weighted by Gasteiger charge is 2.27. The van der Waals surface area contributed by atoms with Gasteiger partial charge in [-0.3, -0.25) is 4.79 Å². The standard InChI is InChI=1S/C17H27NO3/c1-13(19)10-16(2,3)12-18-15(20)11-17(4,21)14-8-6-5-7-9-14/h5-9,13,19,21H,10-12H2,1-4H3,(H,18,20). The number of hydrogen-bond donors (Lipinski definition) is 3. The predicted molar refractivity (Wildman–Crippen MR) is 83.7 cm³/mol. The van der Waals surface area contributed by atoms with E-state index < -0.39 is 11.7 Å². The normalized spacial score (nSPS) is 16.1. The van der Waals surface area contributed by atoms with E-state index in [1.165, 1.54) is 0 Å². The van der Waals surface area contributed by atoms with Gasteiger partial charge in [0.05, 0.1) is 18.1 Å². The smallest absolute Gasteiger partial charge is 0.223 e. The number of hydrogen-bond acceptors (Lipinski definition) is 3. The minimum atomic E-state index is -1.18. The first-order valence-corrected chi connectivity index (χ1v) is 7.35. The van der Waals surface area contributed by atoms with Gasteiger partial charge in [0, 0.05) is 6.54 Å². The van der Waals surface area contributed by atoms with E-state index in [1.54, 1.807) is 13.8 Å². The second-order valence-corrected chi connectivity index (χ2v) is 6.81. The molecule has 0 fully saturated rings. The van der Waals surface area contributed by atoms with Gasteiger partial charge in [-0.2, -0.15) is 0 Å². The van der Waals surface area contributed by atoms with Gasteiger partial charge in [-0.1, -0.05) is 44.2 Å². The van der Waals surface area contributed by atoms with Crippen LogP contribution < -0.4 is 5.32 Å². The molecule has 2 atom stereocenters. The maximum Gasteiger partial charge on any atom is 0.223 e. The molecule has 0 bridgehead atoms. The third kappa shape index (κ3) is 6.27. The van der Waals surface area contributed by atoms with Crippen molar-refractivity contribution >= 4 is 5.91 Å². The summed E-state index contributed by atoms with van der Waals surface area (Å²) in [7, 11) is 0. The van der Waals surface area contributed by atoms with Gasteiger partial charge in [0.2, 0.25) is 5.91 Å². The Bertz CT molecular complexity index is 452. The van der Waals surface area contributed by atoms with Crippen molar-refractivity contribution in [1.82, 2.24) is 5.32 Å². The zero-order valence-electron chi connectivity index (χ0n) is 13.4. The van der Waals surface area contributed by atoms with Crippen LogP contribution in [0.4, 0.5) is 0 Å². The van der Waals surface area contributed by atoms with Crippen molar-refractivity contribution in [2.75, 3.05) is 6.54 Å². The van der Waals surface area contributed by atoms with Crippen molar-refractivity contribution in [3.8, 4) is 0 Å². The number of carbonyl (C=O) groups excluding carboxylic acids is 1. The van der Waals surface area contributed by atoms with Crippen LogP contribution in [0.5, 0.6) is 0 Å². The molecule has 0 aliphatic carbocycles. The molecule has 4 nitrogen and oxygen atoms in total.